The molecule has 0 aromatic heterocycles. The molecule has 1 atom stereocenters. The van der Waals surface area contributed by atoms with Crippen LogP contribution in [0.5, 0.6) is 0 Å². The molecule has 38 heavy (non-hydrogen) atoms. The summed E-state index contributed by atoms with van der Waals surface area (Å²) in [6.45, 7) is 4.89. The Labute approximate surface area is 238 Å². The molecule has 1 unspecified atom stereocenters. The zero-order valence-electron chi connectivity index (χ0n) is 21.1. The number of anilines is 1. The van der Waals surface area contributed by atoms with E-state index in [2.05, 4.69) is 5.32 Å². The second-order valence-corrected chi connectivity index (χ2v) is 11.7. The number of aryl methyl sites for hydroxylation is 1. The van der Waals surface area contributed by atoms with Gasteiger partial charge in [-0.15, -0.1) is 0 Å². The van der Waals surface area contributed by atoms with Gasteiger partial charge in [0.2, 0.25) is 11.8 Å². The number of likely N-dealkylation sites (N-methyl/N-ethyl adjacent to an activating group) is 1. The third kappa shape index (κ3) is 6.99. The molecule has 0 aliphatic carbocycles. The fourth-order valence-electron chi connectivity index (χ4n) is 3.73. The summed E-state index contributed by atoms with van der Waals surface area (Å²) < 4.78 is 28.5. The van der Waals surface area contributed by atoms with Crippen LogP contribution in [0.1, 0.15) is 25.0 Å². The molecule has 0 aliphatic heterocycles. The topological polar surface area (TPSA) is 86.8 Å². The molecule has 3 rings (SSSR count). The lowest BCUT2D eigenvalue weighted by Gasteiger charge is -2.32. The number of amides is 2. The zero-order valence-corrected chi connectivity index (χ0v) is 24.2. The Balaban J connectivity index is 2.06. The van der Waals surface area contributed by atoms with Crippen molar-refractivity contribution in [3.05, 3.63) is 92.9 Å². The lowest BCUT2D eigenvalue weighted by Crippen LogP contribution is -2.51. The van der Waals surface area contributed by atoms with E-state index in [1.165, 1.54) is 29.2 Å². The van der Waals surface area contributed by atoms with E-state index < -0.39 is 34.4 Å². The summed E-state index contributed by atoms with van der Waals surface area (Å²) in [4.78, 5) is 27.9. The third-order valence-corrected chi connectivity index (χ3v) is 8.66. The maximum atomic E-state index is 13.8. The Morgan fingerprint density at radius 2 is 1.50 bits per heavy atom. The van der Waals surface area contributed by atoms with Gasteiger partial charge in [0, 0.05) is 33.7 Å². The number of carbonyl (C=O) groups excluding carboxylic acids is 2. The number of hydrogen-bond donors (Lipinski definition) is 1. The van der Waals surface area contributed by atoms with Crippen LogP contribution in [0.2, 0.25) is 15.1 Å². The van der Waals surface area contributed by atoms with E-state index in [1.807, 2.05) is 6.92 Å². The summed E-state index contributed by atoms with van der Waals surface area (Å²) >= 11 is 18.7. The summed E-state index contributed by atoms with van der Waals surface area (Å²) in [5.74, 6) is -1.01. The molecule has 3 aromatic rings. The lowest BCUT2D eigenvalue weighted by atomic mass is 10.1. The van der Waals surface area contributed by atoms with Gasteiger partial charge in [0.15, 0.2) is 0 Å². The first-order valence-corrected chi connectivity index (χ1v) is 14.4. The molecule has 1 N–H and O–H groups in total. The van der Waals surface area contributed by atoms with Crippen LogP contribution in [0.3, 0.4) is 0 Å². The van der Waals surface area contributed by atoms with Gasteiger partial charge in [0.05, 0.1) is 10.6 Å². The third-order valence-electron chi connectivity index (χ3n) is 5.91. The molecular weight excluding hydrogens is 569 g/mol. The number of nitrogens with one attached hydrogen (secondary N) is 1. The molecule has 0 spiro atoms. The number of halogens is 3. The number of hydrogen-bond acceptors (Lipinski definition) is 4. The summed E-state index contributed by atoms with van der Waals surface area (Å²) in [5, 5.41) is 3.72. The van der Waals surface area contributed by atoms with Gasteiger partial charge in [0.1, 0.15) is 12.6 Å². The van der Waals surface area contributed by atoms with E-state index in [1.54, 1.807) is 56.3 Å². The van der Waals surface area contributed by atoms with Crippen molar-refractivity contribution in [3.8, 4) is 0 Å². The zero-order chi connectivity index (χ0) is 28.0. The van der Waals surface area contributed by atoms with Crippen molar-refractivity contribution in [2.24, 2.45) is 0 Å². The van der Waals surface area contributed by atoms with Crippen LogP contribution >= 0.6 is 34.8 Å². The van der Waals surface area contributed by atoms with Crippen LogP contribution in [0.15, 0.2) is 71.6 Å². The minimum atomic E-state index is -4.18. The van der Waals surface area contributed by atoms with Gasteiger partial charge in [-0.25, -0.2) is 8.42 Å². The van der Waals surface area contributed by atoms with E-state index in [9.17, 15) is 18.0 Å². The molecule has 2 amide bonds. The average molecular weight is 597 g/mol. The van der Waals surface area contributed by atoms with Crippen molar-refractivity contribution in [2.75, 3.05) is 17.4 Å². The van der Waals surface area contributed by atoms with Crippen LogP contribution < -0.4 is 9.62 Å². The highest BCUT2D eigenvalue weighted by Gasteiger charge is 2.33. The molecule has 11 heteroatoms. The standard InChI is InChI=1S/C27H28Cl3N3O4S/c1-4-31-27(35)19(3)32(16-23-24(29)6-5-7-25(23)30)26(34)17-33(21-12-8-18(2)9-13-21)38(36,37)22-14-10-20(28)11-15-22/h5-15,19H,4,16-17H2,1-3H3,(H,31,35). The molecule has 3 aromatic carbocycles. The molecular formula is C27H28Cl3N3O4S. The molecule has 0 bridgehead atoms. The van der Waals surface area contributed by atoms with Gasteiger partial charge < -0.3 is 10.2 Å². The molecule has 0 saturated carbocycles. The molecule has 0 saturated heterocycles. The van der Waals surface area contributed by atoms with Crippen LogP contribution in [-0.2, 0) is 26.2 Å². The van der Waals surface area contributed by atoms with Crippen molar-refractivity contribution < 1.29 is 18.0 Å². The monoisotopic (exact) mass is 595 g/mol. The van der Waals surface area contributed by atoms with Crippen LogP contribution in [0.25, 0.3) is 0 Å². The van der Waals surface area contributed by atoms with E-state index in [0.717, 1.165) is 9.87 Å². The average Bonchev–Trinajstić information content (AvgIpc) is 2.87. The molecule has 0 radical (unpaired) electrons. The second kappa shape index (κ2) is 12.8. The Hall–Kier alpha value is -2.78. The first-order valence-electron chi connectivity index (χ1n) is 11.8. The number of benzene rings is 3. The van der Waals surface area contributed by atoms with Crippen molar-refractivity contribution >= 4 is 62.3 Å². The summed E-state index contributed by atoms with van der Waals surface area (Å²) in [7, 11) is -4.18. The van der Waals surface area contributed by atoms with E-state index in [-0.39, 0.29) is 11.4 Å². The Bertz CT molecular complexity index is 1380. The second-order valence-electron chi connectivity index (χ2n) is 8.59. The smallest absolute Gasteiger partial charge is 0.264 e. The fourth-order valence-corrected chi connectivity index (χ4v) is 5.79. The fraction of sp³-hybridized carbons (Fsp3) is 0.259. The molecule has 0 fully saturated rings. The number of sulfonamides is 1. The highest BCUT2D eigenvalue weighted by atomic mass is 35.5. The molecule has 0 heterocycles. The van der Waals surface area contributed by atoms with E-state index in [4.69, 9.17) is 34.8 Å². The van der Waals surface area contributed by atoms with Crippen LogP contribution in [-0.4, -0.2) is 44.3 Å². The predicted molar refractivity (Wildman–Crippen MR) is 152 cm³/mol. The van der Waals surface area contributed by atoms with E-state index >= 15 is 0 Å². The van der Waals surface area contributed by atoms with Gasteiger partial charge in [-0.3, -0.25) is 13.9 Å². The normalized spacial score (nSPS) is 12.1. The van der Waals surface area contributed by atoms with Gasteiger partial charge in [-0.2, -0.15) is 0 Å². The lowest BCUT2D eigenvalue weighted by molar-refractivity contribution is -0.139. The maximum absolute atomic E-state index is 13.8. The highest BCUT2D eigenvalue weighted by molar-refractivity contribution is 7.92. The minimum absolute atomic E-state index is 0.0345. The van der Waals surface area contributed by atoms with E-state index in [0.29, 0.717) is 32.9 Å². The van der Waals surface area contributed by atoms with Crippen molar-refractivity contribution in [2.45, 2.75) is 38.3 Å². The predicted octanol–water partition coefficient (Wildman–Crippen LogP) is 5.70. The van der Waals surface area contributed by atoms with Gasteiger partial charge in [0.25, 0.3) is 10.0 Å². The van der Waals surface area contributed by atoms with Crippen LogP contribution in [0.4, 0.5) is 5.69 Å². The van der Waals surface area contributed by atoms with Gasteiger partial charge >= 0.3 is 0 Å². The Morgan fingerprint density at radius 1 is 0.921 bits per heavy atom. The number of carbonyl (C=O) groups is 2. The van der Waals surface area contributed by atoms with Crippen molar-refractivity contribution in [3.63, 3.8) is 0 Å². The minimum Gasteiger partial charge on any atom is -0.355 e. The summed E-state index contributed by atoms with van der Waals surface area (Å²) in [5.41, 5.74) is 1.66. The van der Waals surface area contributed by atoms with Crippen LogP contribution in [0, 0.1) is 6.92 Å². The SMILES string of the molecule is CCNC(=O)C(C)N(Cc1c(Cl)cccc1Cl)C(=O)CN(c1ccc(C)cc1)S(=O)(=O)c1ccc(Cl)cc1. The van der Waals surface area contributed by atoms with Crippen molar-refractivity contribution in [1.29, 1.82) is 0 Å². The molecule has 7 nitrogen and oxygen atoms in total. The molecule has 202 valence electrons. The summed E-state index contributed by atoms with van der Waals surface area (Å²) in [6.07, 6.45) is 0. The number of rotatable bonds is 10. The van der Waals surface area contributed by atoms with Crippen molar-refractivity contribution in [1.82, 2.24) is 10.2 Å². The molecule has 0 aliphatic rings. The van der Waals surface area contributed by atoms with Gasteiger partial charge in [-0.05, 0) is 69.3 Å². The summed E-state index contributed by atoms with van der Waals surface area (Å²) in [6, 6.07) is 16.4. The number of nitrogens with zero attached hydrogens (tertiary/aromatic N) is 2. The Morgan fingerprint density at radius 3 is 2.05 bits per heavy atom. The van der Waals surface area contributed by atoms with Gasteiger partial charge in [-0.1, -0.05) is 58.6 Å². The largest absolute Gasteiger partial charge is 0.355 e. The first-order chi connectivity index (χ1) is 17.9. The quantitative estimate of drug-likeness (QED) is 0.325. The first kappa shape index (κ1) is 29.8. The Kier molecular flexibility index (Phi) is 10.1. The highest BCUT2D eigenvalue weighted by Crippen LogP contribution is 2.28. The maximum Gasteiger partial charge on any atom is 0.264 e.